The van der Waals surface area contributed by atoms with Crippen LogP contribution in [0.2, 0.25) is 0 Å². The van der Waals surface area contributed by atoms with Gasteiger partial charge in [-0.25, -0.2) is 0 Å². The van der Waals surface area contributed by atoms with E-state index in [-0.39, 0.29) is 31.0 Å². The highest BCUT2D eigenvalue weighted by Gasteiger charge is 2.17. The van der Waals surface area contributed by atoms with Crippen molar-refractivity contribution in [3.8, 4) is 0 Å². The molecule has 0 heterocycles. The number of ketones is 1. The number of benzene rings is 1. The highest BCUT2D eigenvalue weighted by Crippen LogP contribution is 2.02. The van der Waals surface area contributed by atoms with Crippen molar-refractivity contribution in [2.75, 3.05) is 0 Å². The summed E-state index contributed by atoms with van der Waals surface area (Å²) >= 11 is 0. The summed E-state index contributed by atoms with van der Waals surface area (Å²) in [6, 6.07) is 8.59. The van der Waals surface area contributed by atoms with Crippen molar-refractivity contribution in [1.82, 2.24) is 5.32 Å². The second-order valence-electron chi connectivity index (χ2n) is 5.11. The first-order valence-electron chi connectivity index (χ1n) is 7.52. The maximum absolute atomic E-state index is 11.8. The van der Waals surface area contributed by atoms with Crippen LogP contribution in [0.3, 0.4) is 0 Å². The molecule has 0 saturated heterocycles. The fourth-order valence-electron chi connectivity index (χ4n) is 1.69. The lowest BCUT2D eigenvalue weighted by atomic mass is 10.1. The summed E-state index contributed by atoms with van der Waals surface area (Å²) in [5.74, 6) is -0.901. The van der Waals surface area contributed by atoms with Gasteiger partial charge in [0, 0.05) is 6.42 Å². The van der Waals surface area contributed by atoms with Crippen molar-refractivity contribution in [3.63, 3.8) is 0 Å². The predicted molar refractivity (Wildman–Crippen MR) is 87.2 cm³/mol. The third-order valence-electron chi connectivity index (χ3n) is 2.71. The van der Waals surface area contributed by atoms with E-state index < -0.39 is 11.9 Å². The van der Waals surface area contributed by atoms with Crippen LogP contribution in [0.15, 0.2) is 30.3 Å². The Bertz CT molecular complexity index is 472. The Morgan fingerprint density at radius 2 is 1.68 bits per heavy atom. The monoisotopic (exact) mass is 306 g/mol. The van der Waals surface area contributed by atoms with E-state index in [1.54, 1.807) is 0 Å². The maximum Gasteiger partial charge on any atom is 0.224 e. The minimum Gasteiger partial charge on any atom is -0.370 e. The molecule has 1 aromatic carbocycles. The Kier molecular flexibility index (Phi) is 10.4. The Morgan fingerprint density at radius 3 is 2.14 bits per heavy atom. The van der Waals surface area contributed by atoms with Crippen molar-refractivity contribution in [1.29, 1.82) is 0 Å². The van der Waals surface area contributed by atoms with Crippen LogP contribution in [0.5, 0.6) is 0 Å². The molecule has 5 nitrogen and oxygen atoms in total. The van der Waals surface area contributed by atoms with Crippen molar-refractivity contribution in [2.45, 2.75) is 52.5 Å². The standard InChI is InChI=1S/C14H18N2O3.C3H8/c1-10(17)12(7-8-13(15)18)16-14(19)9-11-5-3-2-4-6-11;1-3-2/h2-6,12H,7-9H2,1H3,(H2,15,18)(H,16,19);3H2,1-2H3/t12-;/m0./s1. The lowest BCUT2D eigenvalue weighted by molar-refractivity contribution is -0.127. The zero-order valence-corrected chi connectivity index (χ0v) is 13.6. The highest BCUT2D eigenvalue weighted by atomic mass is 16.2. The van der Waals surface area contributed by atoms with Crippen LogP contribution in [0.4, 0.5) is 0 Å². The fourth-order valence-corrected chi connectivity index (χ4v) is 1.69. The van der Waals surface area contributed by atoms with E-state index in [9.17, 15) is 14.4 Å². The van der Waals surface area contributed by atoms with Crippen molar-refractivity contribution in [3.05, 3.63) is 35.9 Å². The van der Waals surface area contributed by atoms with E-state index in [0.717, 1.165) is 5.56 Å². The van der Waals surface area contributed by atoms with E-state index in [1.807, 2.05) is 30.3 Å². The largest absolute Gasteiger partial charge is 0.370 e. The summed E-state index contributed by atoms with van der Waals surface area (Å²) in [5, 5.41) is 2.62. The van der Waals surface area contributed by atoms with Crippen LogP contribution < -0.4 is 11.1 Å². The number of carbonyl (C=O) groups excluding carboxylic acids is 3. The molecule has 1 rings (SSSR count). The molecular formula is C17H26N2O3. The number of hydrogen-bond acceptors (Lipinski definition) is 3. The molecule has 0 radical (unpaired) electrons. The number of primary amides is 1. The van der Waals surface area contributed by atoms with Gasteiger partial charge in [0.15, 0.2) is 5.78 Å². The topological polar surface area (TPSA) is 89.3 Å². The van der Waals surface area contributed by atoms with E-state index in [0.29, 0.717) is 0 Å². The molecule has 0 saturated carbocycles. The molecule has 3 N–H and O–H groups in total. The van der Waals surface area contributed by atoms with Crippen molar-refractivity contribution in [2.24, 2.45) is 5.73 Å². The predicted octanol–water partition coefficient (Wildman–Crippen LogP) is 1.98. The first-order chi connectivity index (χ1) is 10.4. The molecule has 0 unspecified atom stereocenters. The fraction of sp³-hybridized carbons (Fsp3) is 0.471. The molecule has 0 spiro atoms. The average Bonchev–Trinajstić information content (AvgIpc) is 2.44. The van der Waals surface area contributed by atoms with Crippen LogP contribution in [0.1, 0.15) is 45.6 Å². The lowest BCUT2D eigenvalue weighted by Crippen LogP contribution is -2.41. The zero-order chi connectivity index (χ0) is 17.0. The molecule has 122 valence electrons. The summed E-state index contributed by atoms with van der Waals surface area (Å²) < 4.78 is 0. The maximum atomic E-state index is 11.8. The second kappa shape index (κ2) is 11.5. The average molecular weight is 306 g/mol. The minimum atomic E-state index is -0.649. The van der Waals surface area contributed by atoms with Crippen LogP contribution in [-0.4, -0.2) is 23.6 Å². The van der Waals surface area contributed by atoms with E-state index >= 15 is 0 Å². The number of nitrogens with two attached hydrogens (primary N) is 1. The second-order valence-corrected chi connectivity index (χ2v) is 5.11. The van der Waals surface area contributed by atoms with E-state index in [4.69, 9.17) is 5.73 Å². The molecular weight excluding hydrogens is 280 g/mol. The van der Waals surface area contributed by atoms with Gasteiger partial charge < -0.3 is 11.1 Å². The van der Waals surface area contributed by atoms with Gasteiger partial charge in [-0.15, -0.1) is 0 Å². The third-order valence-corrected chi connectivity index (χ3v) is 2.71. The summed E-state index contributed by atoms with van der Waals surface area (Å²) in [5.41, 5.74) is 5.90. The molecule has 0 aliphatic rings. The third kappa shape index (κ3) is 9.69. The van der Waals surface area contributed by atoms with Crippen molar-refractivity contribution >= 4 is 17.6 Å². The molecule has 5 heteroatoms. The summed E-state index contributed by atoms with van der Waals surface area (Å²) in [6.45, 7) is 5.63. The molecule has 0 aliphatic carbocycles. The minimum absolute atomic E-state index is 0.0792. The smallest absolute Gasteiger partial charge is 0.224 e. The molecule has 1 aromatic rings. The van der Waals surface area contributed by atoms with Gasteiger partial charge in [0.1, 0.15) is 0 Å². The molecule has 1 atom stereocenters. The number of nitrogens with one attached hydrogen (secondary N) is 1. The zero-order valence-electron chi connectivity index (χ0n) is 13.6. The van der Waals surface area contributed by atoms with Gasteiger partial charge in [0.05, 0.1) is 12.5 Å². The van der Waals surface area contributed by atoms with Gasteiger partial charge in [-0.2, -0.15) is 0 Å². The first kappa shape index (κ1) is 19.8. The Hall–Kier alpha value is -2.17. The van der Waals surface area contributed by atoms with Gasteiger partial charge in [0.2, 0.25) is 11.8 Å². The SMILES string of the molecule is CC(=O)[C@H](CCC(N)=O)NC(=O)Cc1ccccc1.CCC. The van der Waals surface area contributed by atoms with Gasteiger partial charge >= 0.3 is 0 Å². The lowest BCUT2D eigenvalue weighted by Gasteiger charge is -2.15. The molecule has 0 aromatic heterocycles. The molecule has 0 fully saturated rings. The van der Waals surface area contributed by atoms with Crippen LogP contribution >= 0.6 is 0 Å². The van der Waals surface area contributed by atoms with Gasteiger partial charge in [-0.1, -0.05) is 50.6 Å². The molecule has 0 bridgehead atoms. The molecule has 0 aliphatic heterocycles. The van der Waals surface area contributed by atoms with Crippen LogP contribution in [0, 0.1) is 0 Å². The summed E-state index contributed by atoms with van der Waals surface area (Å²) in [6.07, 6.45) is 1.78. The van der Waals surface area contributed by atoms with Gasteiger partial charge in [-0.3, -0.25) is 14.4 Å². The number of hydrogen-bond donors (Lipinski definition) is 2. The summed E-state index contributed by atoms with van der Waals surface area (Å²) in [7, 11) is 0. The Balaban J connectivity index is 0.00000135. The van der Waals surface area contributed by atoms with Crippen molar-refractivity contribution < 1.29 is 14.4 Å². The number of Topliss-reactive ketones (excluding diaryl/α,β-unsaturated/α-hetero) is 1. The number of amides is 2. The Labute approximate surface area is 132 Å². The van der Waals surface area contributed by atoms with Gasteiger partial charge in [0.25, 0.3) is 0 Å². The van der Waals surface area contributed by atoms with Gasteiger partial charge in [-0.05, 0) is 18.9 Å². The quantitative estimate of drug-likeness (QED) is 0.807. The highest BCUT2D eigenvalue weighted by molar-refractivity contribution is 5.88. The first-order valence-corrected chi connectivity index (χ1v) is 7.52. The number of carbonyl (C=O) groups is 3. The normalized spacial score (nSPS) is 10.9. The van der Waals surface area contributed by atoms with E-state index in [1.165, 1.54) is 13.3 Å². The number of rotatable bonds is 7. The van der Waals surface area contributed by atoms with Crippen LogP contribution in [-0.2, 0) is 20.8 Å². The molecule has 22 heavy (non-hydrogen) atoms. The van der Waals surface area contributed by atoms with Crippen LogP contribution in [0.25, 0.3) is 0 Å². The molecule has 2 amide bonds. The summed E-state index contributed by atoms with van der Waals surface area (Å²) in [4.78, 5) is 33.9. The Morgan fingerprint density at radius 1 is 1.14 bits per heavy atom. The van der Waals surface area contributed by atoms with E-state index in [2.05, 4.69) is 19.2 Å².